The molecule has 0 aliphatic carbocycles. The standard InChI is InChI=1S/C21H19N3O4S/c1-15(22-23-21(26)19-12-5-6-13-20(19)25)16-8-7-9-17(14-16)24-29(27,28)18-10-3-2-4-11-18/h2-14,24-25H,1H3,(H,23,26)/b22-15+. The Bertz CT molecular complexity index is 1160. The Hall–Kier alpha value is -3.65. The Labute approximate surface area is 168 Å². The van der Waals surface area contributed by atoms with Crippen molar-refractivity contribution in [2.75, 3.05) is 4.72 Å². The lowest BCUT2D eigenvalue weighted by Gasteiger charge is -2.10. The fourth-order valence-electron chi connectivity index (χ4n) is 2.55. The number of anilines is 1. The largest absolute Gasteiger partial charge is 0.507 e. The predicted octanol–water partition coefficient (Wildman–Crippen LogP) is 3.35. The third-order valence-corrected chi connectivity index (χ3v) is 5.46. The molecule has 0 unspecified atom stereocenters. The van der Waals surface area contributed by atoms with Gasteiger partial charge in [0.1, 0.15) is 5.75 Å². The molecule has 0 bridgehead atoms. The van der Waals surface area contributed by atoms with Gasteiger partial charge in [0.25, 0.3) is 15.9 Å². The van der Waals surface area contributed by atoms with E-state index in [1.54, 1.807) is 61.5 Å². The molecule has 0 heterocycles. The average Bonchev–Trinajstić information content (AvgIpc) is 2.72. The summed E-state index contributed by atoms with van der Waals surface area (Å²) in [5.41, 5.74) is 3.94. The van der Waals surface area contributed by atoms with Gasteiger partial charge in [-0.2, -0.15) is 5.10 Å². The van der Waals surface area contributed by atoms with E-state index >= 15 is 0 Å². The van der Waals surface area contributed by atoms with Crippen LogP contribution >= 0.6 is 0 Å². The minimum Gasteiger partial charge on any atom is -0.507 e. The van der Waals surface area contributed by atoms with Crippen molar-refractivity contribution >= 4 is 27.3 Å². The van der Waals surface area contributed by atoms with Crippen LogP contribution < -0.4 is 10.1 Å². The molecule has 0 saturated carbocycles. The van der Waals surface area contributed by atoms with E-state index in [4.69, 9.17) is 0 Å². The highest BCUT2D eigenvalue weighted by Crippen LogP contribution is 2.18. The van der Waals surface area contributed by atoms with Gasteiger partial charge >= 0.3 is 0 Å². The maximum atomic E-state index is 12.5. The van der Waals surface area contributed by atoms with Gasteiger partial charge in [-0.15, -0.1) is 0 Å². The summed E-state index contributed by atoms with van der Waals surface area (Å²) < 4.78 is 27.5. The maximum absolute atomic E-state index is 12.5. The molecule has 0 spiro atoms. The molecule has 0 aliphatic rings. The lowest BCUT2D eigenvalue weighted by molar-refractivity contribution is 0.0952. The van der Waals surface area contributed by atoms with Crippen molar-refractivity contribution < 1.29 is 18.3 Å². The molecule has 8 heteroatoms. The van der Waals surface area contributed by atoms with Crippen LogP contribution in [-0.4, -0.2) is 25.1 Å². The minimum absolute atomic E-state index is 0.105. The van der Waals surface area contributed by atoms with Gasteiger partial charge in [0, 0.05) is 5.69 Å². The van der Waals surface area contributed by atoms with Crippen molar-refractivity contribution in [3.05, 3.63) is 90.0 Å². The second kappa shape index (κ2) is 8.57. The number of carbonyl (C=O) groups is 1. The first kappa shape index (κ1) is 20.1. The zero-order valence-corrected chi connectivity index (χ0v) is 16.3. The molecule has 0 aliphatic heterocycles. The van der Waals surface area contributed by atoms with Crippen LogP contribution in [0, 0.1) is 0 Å². The average molecular weight is 409 g/mol. The smallest absolute Gasteiger partial charge is 0.275 e. The number of amides is 1. The molecule has 0 fully saturated rings. The number of nitrogens with zero attached hydrogens (tertiary/aromatic N) is 1. The second-order valence-corrected chi connectivity index (χ2v) is 7.84. The van der Waals surface area contributed by atoms with Crippen molar-refractivity contribution in [2.24, 2.45) is 5.10 Å². The van der Waals surface area contributed by atoms with Crippen LogP contribution in [-0.2, 0) is 10.0 Å². The van der Waals surface area contributed by atoms with Crippen LogP contribution in [0.25, 0.3) is 0 Å². The number of hydrogen-bond donors (Lipinski definition) is 3. The van der Waals surface area contributed by atoms with Crippen molar-refractivity contribution in [1.82, 2.24) is 5.43 Å². The number of aromatic hydroxyl groups is 1. The number of benzene rings is 3. The molecule has 3 aromatic rings. The third-order valence-electron chi connectivity index (χ3n) is 4.06. The minimum atomic E-state index is -3.71. The number of sulfonamides is 1. The fraction of sp³-hybridized carbons (Fsp3) is 0.0476. The van der Waals surface area contributed by atoms with Crippen LogP contribution in [0.15, 0.2) is 88.9 Å². The first-order valence-electron chi connectivity index (χ1n) is 8.68. The van der Waals surface area contributed by atoms with Crippen LogP contribution in [0.1, 0.15) is 22.8 Å². The molecule has 3 N–H and O–H groups in total. The summed E-state index contributed by atoms with van der Waals surface area (Å²) in [6.45, 7) is 1.68. The van der Waals surface area contributed by atoms with Crippen LogP contribution in [0.3, 0.4) is 0 Å². The van der Waals surface area contributed by atoms with Gasteiger partial charge in [-0.1, -0.05) is 42.5 Å². The molecule has 7 nitrogen and oxygen atoms in total. The summed E-state index contributed by atoms with van der Waals surface area (Å²) >= 11 is 0. The number of rotatable bonds is 6. The Balaban J connectivity index is 1.76. The van der Waals surface area contributed by atoms with Crippen molar-refractivity contribution in [2.45, 2.75) is 11.8 Å². The van der Waals surface area contributed by atoms with Gasteiger partial charge in [0.2, 0.25) is 0 Å². The van der Waals surface area contributed by atoms with E-state index in [0.717, 1.165) is 0 Å². The predicted molar refractivity (Wildman–Crippen MR) is 111 cm³/mol. The summed E-state index contributed by atoms with van der Waals surface area (Å²) in [4.78, 5) is 12.3. The highest BCUT2D eigenvalue weighted by atomic mass is 32.2. The summed E-state index contributed by atoms with van der Waals surface area (Å²) in [7, 11) is -3.71. The zero-order valence-electron chi connectivity index (χ0n) is 15.5. The molecule has 148 valence electrons. The van der Waals surface area contributed by atoms with Gasteiger partial charge in [0.15, 0.2) is 0 Å². The lowest BCUT2D eigenvalue weighted by atomic mass is 10.1. The molecular formula is C21H19N3O4S. The van der Waals surface area contributed by atoms with Crippen molar-refractivity contribution in [3.63, 3.8) is 0 Å². The maximum Gasteiger partial charge on any atom is 0.275 e. The monoisotopic (exact) mass is 409 g/mol. The van der Waals surface area contributed by atoms with Gasteiger partial charge in [0.05, 0.1) is 16.2 Å². The second-order valence-electron chi connectivity index (χ2n) is 6.15. The number of phenols is 1. The topological polar surface area (TPSA) is 108 Å². The Kier molecular flexibility index (Phi) is 5.94. The molecule has 29 heavy (non-hydrogen) atoms. The van der Waals surface area contributed by atoms with E-state index in [0.29, 0.717) is 17.0 Å². The highest BCUT2D eigenvalue weighted by Gasteiger charge is 2.14. The molecule has 3 aromatic carbocycles. The number of hydrazone groups is 1. The Morgan fingerprint density at radius 1 is 0.931 bits per heavy atom. The van der Waals surface area contributed by atoms with Crippen LogP contribution in [0.5, 0.6) is 5.75 Å². The number of phenolic OH excluding ortho intramolecular Hbond substituents is 1. The quantitative estimate of drug-likeness (QED) is 0.429. The Morgan fingerprint density at radius 3 is 2.34 bits per heavy atom. The normalized spacial score (nSPS) is 11.7. The van der Waals surface area contributed by atoms with E-state index in [-0.39, 0.29) is 16.2 Å². The first-order chi connectivity index (χ1) is 13.9. The summed E-state index contributed by atoms with van der Waals surface area (Å²) in [5, 5.41) is 13.8. The van der Waals surface area contributed by atoms with E-state index in [1.807, 2.05) is 0 Å². The van der Waals surface area contributed by atoms with E-state index in [1.165, 1.54) is 24.3 Å². The van der Waals surface area contributed by atoms with E-state index in [9.17, 15) is 18.3 Å². The molecule has 3 rings (SSSR count). The molecule has 0 aromatic heterocycles. The molecule has 0 saturated heterocycles. The van der Waals surface area contributed by atoms with Crippen molar-refractivity contribution in [1.29, 1.82) is 0 Å². The molecule has 0 atom stereocenters. The summed E-state index contributed by atoms with van der Waals surface area (Å²) in [5.74, 6) is -0.696. The van der Waals surface area contributed by atoms with Crippen LogP contribution in [0.2, 0.25) is 0 Å². The van der Waals surface area contributed by atoms with Gasteiger partial charge < -0.3 is 5.11 Å². The molecule has 1 amide bonds. The zero-order chi connectivity index (χ0) is 20.9. The number of nitrogens with one attached hydrogen (secondary N) is 2. The van der Waals surface area contributed by atoms with Gasteiger partial charge in [-0.3, -0.25) is 9.52 Å². The van der Waals surface area contributed by atoms with E-state index < -0.39 is 15.9 Å². The summed E-state index contributed by atoms with van der Waals surface area (Å²) in [6, 6.07) is 20.9. The first-order valence-corrected chi connectivity index (χ1v) is 10.2. The number of hydrogen-bond acceptors (Lipinski definition) is 5. The highest BCUT2D eigenvalue weighted by molar-refractivity contribution is 7.92. The molecule has 0 radical (unpaired) electrons. The van der Waals surface area contributed by atoms with Crippen molar-refractivity contribution in [3.8, 4) is 5.75 Å². The van der Waals surface area contributed by atoms with Crippen LogP contribution in [0.4, 0.5) is 5.69 Å². The summed E-state index contributed by atoms with van der Waals surface area (Å²) in [6.07, 6.45) is 0. The Morgan fingerprint density at radius 2 is 1.62 bits per heavy atom. The van der Waals surface area contributed by atoms with E-state index in [2.05, 4.69) is 15.2 Å². The van der Waals surface area contributed by atoms with Gasteiger partial charge in [-0.05, 0) is 48.9 Å². The number of para-hydroxylation sites is 1. The third kappa shape index (κ3) is 4.99. The fourth-order valence-corrected chi connectivity index (χ4v) is 3.62. The SMILES string of the molecule is C/C(=N\NC(=O)c1ccccc1O)c1cccc(NS(=O)(=O)c2ccccc2)c1. The lowest BCUT2D eigenvalue weighted by Crippen LogP contribution is -2.19. The number of carbonyl (C=O) groups excluding carboxylic acids is 1. The van der Waals surface area contributed by atoms with Gasteiger partial charge in [-0.25, -0.2) is 13.8 Å². The molecular weight excluding hydrogens is 390 g/mol.